The minimum absolute atomic E-state index is 0.0647. The van der Waals surface area contributed by atoms with Crippen LogP contribution in [0.1, 0.15) is 22.5 Å². The maximum Gasteiger partial charge on any atom is 0.263 e. The number of amides is 1. The summed E-state index contributed by atoms with van der Waals surface area (Å²) in [6.45, 7) is 1.80. The van der Waals surface area contributed by atoms with Gasteiger partial charge in [0, 0.05) is 27.1 Å². The lowest BCUT2D eigenvalue weighted by molar-refractivity contribution is 0.0948. The van der Waals surface area contributed by atoms with Crippen molar-refractivity contribution >= 4 is 48.9 Å². The topological polar surface area (TPSA) is 58.4 Å². The number of halogens is 1. The van der Waals surface area contributed by atoms with Crippen LogP contribution in [0.25, 0.3) is 10.1 Å². The van der Waals surface area contributed by atoms with E-state index in [0.717, 1.165) is 27.5 Å². The molecule has 3 N–H and O–H groups in total. The normalized spacial score (nSPS) is 19.2. The van der Waals surface area contributed by atoms with E-state index >= 15 is 0 Å². The number of anilines is 1. The second-order valence-electron chi connectivity index (χ2n) is 5.47. The molecule has 1 aromatic heterocycles. The SMILES string of the molecule is CN1CCCC1CNC(=O)c1sc2ccc(Br)cc2c1N. The lowest BCUT2D eigenvalue weighted by Gasteiger charge is -2.19. The van der Waals surface area contributed by atoms with Crippen LogP contribution in [0, 0.1) is 0 Å². The number of carbonyl (C=O) groups is 1. The molecule has 6 heteroatoms. The molecule has 2 aromatic rings. The first-order valence-electron chi connectivity index (χ1n) is 7.02. The summed E-state index contributed by atoms with van der Waals surface area (Å²) in [4.78, 5) is 15.3. The number of likely N-dealkylation sites (tertiary alicyclic amines) is 1. The van der Waals surface area contributed by atoms with Crippen LogP contribution in [0.2, 0.25) is 0 Å². The van der Waals surface area contributed by atoms with E-state index in [1.165, 1.54) is 17.8 Å². The van der Waals surface area contributed by atoms with Crippen molar-refractivity contribution in [1.29, 1.82) is 0 Å². The van der Waals surface area contributed by atoms with Crippen LogP contribution in [0.15, 0.2) is 22.7 Å². The highest BCUT2D eigenvalue weighted by Crippen LogP contribution is 2.35. The number of fused-ring (bicyclic) bond motifs is 1. The van der Waals surface area contributed by atoms with Crippen molar-refractivity contribution in [2.75, 3.05) is 25.9 Å². The van der Waals surface area contributed by atoms with Gasteiger partial charge in [-0.15, -0.1) is 11.3 Å². The highest BCUT2D eigenvalue weighted by molar-refractivity contribution is 9.10. The first-order valence-corrected chi connectivity index (χ1v) is 8.63. The molecule has 0 aliphatic carbocycles. The molecule has 0 spiro atoms. The zero-order valence-corrected chi connectivity index (χ0v) is 14.3. The molecule has 0 saturated carbocycles. The average Bonchev–Trinajstić information content (AvgIpc) is 3.01. The predicted molar refractivity (Wildman–Crippen MR) is 91.9 cm³/mol. The number of nitrogens with one attached hydrogen (secondary N) is 1. The highest BCUT2D eigenvalue weighted by atomic mass is 79.9. The van der Waals surface area contributed by atoms with Crippen LogP contribution >= 0.6 is 27.3 Å². The second kappa shape index (κ2) is 5.94. The van der Waals surface area contributed by atoms with E-state index in [9.17, 15) is 4.79 Å². The fourth-order valence-corrected chi connectivity index (χ4v) is 4.17. The number of nitrogens with zero attached hydrogens (tertiary/aromatic N) is 1. The summed E-state index contributed by atoms with van der Waals surface area (Å²) < 4.78 is 2.01. The summed E-state index contributed by atoms with van der Waals surface area (Å²) in [7, 11) is 2.11. The zero-order chi connectivity index (χ0) is 15.0. The van der Waals surface area contributed by atoms with Crippen molar-refractivity contribution in [2.45, 2.75) is 18.9 Å². The summed E-state index contributed by atoms with van der Waals surface area (Å²) in [5.41, 5.74) is 6.72. The molecule has 1 fully saturated rings. The molecule has 0 radical (unpaired) electrons. The molecule has 1 saturated heterocycles. The minimum Gasteiger partial charge on any atom is -0.397 e. The Morgan fingerprint density at radius 2 is 2.38 bits per heavy atom. The van der Waals surface area contributed by atoms with E-state index in [0.29, 0.717) is 23.2 Å². The van der Waals surface area contributed by atoms with Gasteiger partial charge < -0.3 is 16.0 Å². The van der Waals surface area contributed by atoms with Crippen molar-refractivity contribution in [3.05, 3.63) is 27.5 Å². The van der Waals surface area contributed by atoms with Gasteiger partial charge in [0.15, 0.2) is 0 Å². The predicted octanol–water partition coefficient (Wildman–Crippen LogP) is 3.07. The van der Waals surface area contributed by atoms with E-state index < -0.39 is 0 Å². The summed E-state index contributed by atoms with van der Waals surface area (Å²) in [6.07, 6.45) is 2.35. The van der Waals surface area contributed by atoms with Crippen LogP contribution in [0.5, 0.6) is 0 Å². The van der Waals surface area contributed by atoms with Gasteiger partial charge in [-0.1, -0.05) is 15.9 Å². The number of benzene rings is 1. The van der Waals surface area contributed by atoms with Crippen LogP contribution in [0.3, 0.4) is 0 Å². The highest BCUT2D eigenvalue weighted by Gasteiger charge is 2.22. The second-order valence-corrected chi connectivity index (χ2v) is 7.44. The van der Waals surface area contributed by atoms with Gasteiger partial charge in [-0.2, -0.15) is 0 Å². The van der Waals surface area contributed by atoms with Gasteiger partial charge in [-0.05, 0) is 44.6 Å². The first-order chi connectivity index (χ1) is 10.1. The molecule has 4 nitrogen and oxygen atoms in total. The summed E-state index contributed by atoms with van der Waals surface area (Å²) in [5.74, 6) is -0.0647. The molecule has 2 heterocycles. The van der Waals surface area contributed by atoms with Crippen LogP contribution in [-0.4, -0.2) is 37.0 Å². The largest absolute Gasteiger partial charge is 0.397 e. The van der Waals surface area contributed by atoms with Gasteiger partial charge in [0.2, 0.25) is 0 Å². The monoisotopic (exact) mass is 367 g/mol. The molecule has 112 valence electrons. The molecule has 0 bridgehead atoms. The molecule has 3 rings (SSSR count). The van der Waals surface area contributed by atoms with Crippen molar-refractivity contribution in [1.82, 2.24) is 10.2 Å². The Balaban J connectivity index is 1.76. The number of thiophene rings is 1. The number of nitrogen functional groups attached to an aromatic ring is 1. The molecule has 1 atom stereocenters. The number of carbonyl (C=O) groups excluding carboxylic acids is 1. The smallest absolute Gasteiger partial charge is 0.263 e. The van der Waals surface area contributed by atoms with Crippen molar-refractivity contribution in [2.24, 2.45) is 0 Å². The molecule has 1 unspecified atom stereocenters. The number of hydrogen-bond acceptors (Lipinski definition) is 4. The quantitative estimate of drug-likeness (QED) is 0.876. The van der Waals surface area contributed by atoms with Crippen LogP contribution in [0.4, 0.5) is 5.69 Å². The van der Waals surface area contributed by atoms with E-state index in [1.807, 2.05) is 18.2 Å². The van der Waals surface area contributed by atoms with E-state index in [1.54, 1.807) is 0 Å². The third kappa shape index (κ3) is 2.93. The maximum absolute atomic E-state index is 12.4. The summed E-state index contributed by atoms with van der Waals surface area (Å²) >= 11 is 4.89. The van der Waals surface area contributed by atoms with Gasteiger partial charge in [0.25, 0.3) is 5.91 Å². The van der Waals surface area contributed by atoms with Crippen molar-refractivity contribution in [3.63, 3.8) is 0 Å². The Morgan fingerprint density at radius 3 is 3.10 bits per heavy atom. The zero-order valence-electron chi connectivity index (χ0n) is 11.9. The molecular formula is C15H18BrN3OS. The Kier molecular flexibility index (Phi) is 4.19. The first kappa shape index (κ1) is 14.8. The average molecular weight is 368 g/mol. The number of nitrogens with two attached hydrogens (primary N) is 1. The molecular weight excluding hydrogens is 350 g/mol. The number of likely N-dealkylation sites (N-methyl/N-ethyl adjacent to an activating group) is 1. The van der Waals surface area contributed by atoms with Crippen LogP contribution in [-0.2, 0) is 0 Å². The lowest BCUT2D eigenvalue weighted by Crippen LogP contribution is -2.38. The molecule has 1 aromatic carbocycles. The third-order valence-electron chi connectivity index (χ3n) is 4.06. The Morgan fingerprint density at radius 1 is 1.57 bits per heavy atom. The van der Waals surface area contributed by atoms with Gasteiger partial charge in [0.1, 0.15) is 4.88 Å². The third-order valence-corrected chi connectivity index (χ3v) is 5.74. The maximum atomic E-state index is 12.4. The molecule has 21 heavy (non-hydrogen) atoms. The van der Waals surface area contributed by atoms with E-state index in [4.69, 9.17) is 5.73 Å². The summed E-state index contributed by atoms with van der Waals surface area (Å²) in [6, 6.07) is 6.36. The standard InChI is InChI=1S/C15H18BrN3OS/c1-19-6-2-3-10(19)8-18-15(20)14-13(17)11-7-9(16)4-5-12(11)21-14/h4-5,7,10H,2-3,6,8,17H2,1H3,(H,18,20). The van der Waals surface area contributed by atoms with Gasteiger partial charge in [-0.3, -0.25) is 4.79 Å². The molecule has 1 amide bonds. The van der Waals surface area contributed by atoms with Gasteiger partial charge >= 0.3 is 0 Å². The Hall–Kier alpha value is -1.11. The van der Waals surface area contributed by atoms with Crippen LogP contribution < -0.4 is 11.1 Å². The molecule has 1 aliphatic heterocycles. The molecule has 1 aliphatic rings. The van der Waals surface area contributed by atoms with Crippen molar-refractivity contribution in [3.8, 4) is 0 Å². The van der Waals surface area contributed by atoms with Gasteiger partial charge in [-0.25, -0.2) is 0 Å². The minimum atomic E-state index is -0.0647. The number of hydrogen-bond donors (Lipinski definition) is 2. The Labute approximate surface area is 136 Å². The fraction of sp³-hybridized carbons (Fsp3) is 0.400. The number of rotatable bonds is 3. The lowest BCUT2D eigenvalue weighted by atomic mass is 10.2. The Bertz CT molecular complexity index is 685. The fourth-order valence-electron chi connectivity index (χ4n) is 2.79. The summed E-state index contributed by atoms with van der Waals surface area (Å²) in [5, 5.41) is 3.97. The van der Waals surface area contributed by atoms with E-state index in [2.05, 4.69) is 33.2 Å². The van der Waals surface area contributed by atoms with Crippen molar-refractivity contribution < 1.29 is 4.79 Å². The van der Waals surface area contributed by atoms with Gasteiger partial charge in [0.05, 0.1) is 5.69 Å². The van der Waals surface area contributed by atoms with E-state index in [-0.39, 0.29) is 5.91 Å².